The lowest BCUT2D eigenvalue weighted by Gasteiger charge is -2.09. The van der Waals surface area contributed by atoms with Gasteiger partial charge in [-0.15, -0.1) is 0 Å². The molecule has 0 aliphatic carbocycles. The quantitative estimate of drug-likeness (QED) is 0.466. The third-order valence-electron chi connectivity index (χ3n) is 3.97. The molecule has 1 heterocycles. The lowest BCUT2D eigenvalue weighted by molar-refractivity contribution is -0.121. The molecule has 2 aromatic carbocycles. The minimum atomic E-state index is -0.684. The van der Waals surface area contributed by atoms with Gasteiger partial charge >= 0.3 is 0 Å². The highest BCUT2D eigenvalue weighted by Crippen LogP contribution is 2.12. The van der Waals surface area contributed by atoms with Crippen molar-refractivity contribution in [2.45, 2.75) is 6.42 Å². The van der Waals surface area contributed by atoms with Crippen molar-refractivity contribution in [3.63, 3.8) is 0 Å². The van der Waals surface area contributed by atoms with E-state index in [0.717, 1.165) is 0 Å². The second-order valence-corrected chi connectivity index (χ2v) is 6.40. The number of halogens is 1. The maximum atomic E-state index is 12.3. The number of nitrogens with zero attached hydrogens (tertiary/aromatic N) is 1. The molecule has 0 radical (unpaired) electrons. The number of hydrazine groups is 1. The first-order valence-electron chi connectivity index (χ1n) is 8.56. The molecule has 29 heavy (non-hydrogen) atoms. The van der Waals surface area contributed by atoms with Crippen LogP contribution in [0.5, 0.6) is 0 Å². The second kappa shape index (κ2) is 8.98. The molecule has 3 aromatic rings. The molecule has 0 saturated heterocycles. The number of H-pyrrole nitrogens is 1. The van der Waals surface area contributed by atoms with Gasteiger partial charge in [-0.2, -0.15) is 5.10 Å². The fraction of sp³-hybridized carbons (Fsp3) is 0.105. The van der Waals surface area contributed by atoms with Crippen LogP contribution in [-0.4, -0.2) is 34.5 Å². The van der Waals surface area contributed by atoms with E-state index >= 15 is 0 Å². The van der Waals surface area contributed by atoms with Crippen LogP contribution < -0.4 is 21.7 Å². The molecule has 3 amide bonds. The molecule has 0 aliphatic heterocycles. The summed E-state index contributed by atoms with van der Waals surface area (Å²) in [6.45, 7) is 0.0724. The predicted molar refractivity (Wildman–Crippen MR) is 106 cm³/mol. The van der Waals surface area contributed by atoms with Crippen LogP contribution in [0, 0.1) is 0 Å². The van der Waals surface area contributed by atoms with Gasteiger partial charge in [0.25, 0.3) is 17.4 Å². The summed E-state index contributed by atoms with van der Waals surface area (Å²) in [4.78, 5) is 47.9. The molecular formula is C19H16ClN5O4. The van der Waals surface area contributed by atoms with Crippen molar-refractivity contribution >= 4 is 40.1 Å². The van der Waals surface area contributed by atoms with E-state index in [4.69, 9.17) is 11.6 Å². The molecule has 0 unspecified atom stereocenters. The van der Waals surface area contributed by atoms with E-state index in [-0.39, 0.29) is 24.6 Å². The molecule has 4 N–H and O–H groups in total. The van der Waals surface area contributed by atoms with E-state index in [1.807, 2.05) is 0 Å². The Kier molecular flexibility index (Phi) is 6.20. The molecule has 1 aromatic heterocycles. The minimum absolute atomic E-state index is 0.0310. The zero-order valence-corrected chi connectivity index (χ0v) is 15.7. The van der Waals surface area contributed by atoms with Crippen LogP contribution >= 0.6 is 11.6 Å². The van der Waals surface area contributed by atoms with Crippen LogP contribution in [0.2, 0.25) is 5.02 Å². The van der Waals surface area contributed by atoms with E-state index < -0.39 is 17.4 Å². The molecule has 0 bridgehead atoms. The number of fused-ring (bicyclic) bond motifs is 1. The van der Waals surface area contributed by atoms with Crippen molar-refractivity contribution in [3.05, 3.63) is 75.2 Å². The summed E-state index contributed by atoms with van der Waals surface area (Å²) in [5.74, 6) is -1.54. The number of amides is 3. The summed E-state index contributed by atoms with van der Waals surface area (Å²) in [6.07, 6.45) is -0.0561. The van der Waals surface area contributed by atoms with E-state index in [9.17, 15) is 19.2 Å². The van der Waals surface area contributed by atoms with E-state index in [2.05, 4.69) is 26.4 Å². The summed E-state index contributed by atoms with van der Waals surface area (Å²) < 4.78 is 0. The Morgan fingerprint density at radius 2 is 1.62 bits per heavy atom. The SMILES string of the molecule is O=C(CCNC(=O)c1ccc(Cl)cc1)NNC(=O)c1n[nH]c(=O)c2ccccc12. The zero-order chi connectivity index (χ0) is 20.8. The Morgan fingerprint density at radius 3 is 2.34 bits per heavy atom. The maximum absolute atomic E-state index is 12.3. The summed E-state index contributed by atoms with van der Waals surface area (Å²) in [6, 6.07) is 12.8. The highest BCUT2D eigenvalue weighted by molar-refractivity contribution is 6.30. The third kappa shape index (κ3) is 4.96. The van der Waals surface area contributed by atoms with Crippen molar-refractivity contribution in [3.8, 4) is 0 Å². The highest BCUT2D eigenvalue weighted by atomic mass is 35.5. The number of hydrogen-bond acceptors (Lipinski definition) is 5. The fourth-order valence-electron chi connectivity index (χ4n) is 2.53. The maximum Gasteiger partial charge on any atom is 0.290 e. The van der Waals surface area contributed by atoms with Crippen LogP contribution in [0.25, 0.3) is 10.8 Å². The summed E-state index contributed by atoms with van der Waals surface area (Å²) in [7, 11) is 0. The van der Waals surface area contributed by atoms with Gasteiger partial charge in [0.1, 0.15) is 0 Å². The smallest absolute Gasteiger partial charge is 0.290 e. The van der Waals surface area contributed by atoms with Crippen molar-refractivity contribution in [2.75, 3.05) is 6.54 Å². The van der Waals surface area contributed by atoms with Crippen molar-refractivity contribution in [1.29, 1.82) is 0 Å². The van der Waals surface area contributed by atoms with Gasteiger partial charge in [-0.25, -0.2) is 5.10 Å². The first-order valence-corrected chi connectivity index (χ1v) is 8.94. The first-order chi connectivity index (χ1) is 14.0. The number of rotatable bonds is 5. The van der Waals surface area contributed by atoms with Crippen molar-refractivity contribution in [1.82, 2.24) is 26.4 Å². The van der Waals surface area contributed by atoms with Crippen LogP contribution in [0.3, 0.4) is 0 Å². The molecule has 0 aliphatic rings. The van der Waals surface area contributed by atoms with Crippen LogP contribution in [0.15, 0.2) is 53.3 Å². The molecule has 0 saturated carbocycles. The fourth-order valence-corrected chi connectivity index (χ4v) is 2.65. The molecule has 0 spiro atoms. The van der Waals surface area contributed by atoms with Crippen LogP contribution in [0.4, 0.5) is 0 Å². The number of hydrogen-bond donors (Lipinski definition) is 4. The topological polar surface area (TPSA) is 133 Å². The second-order valence-electron chi connectivity index (χ2n) is 5.96. The van der Waals surface area contributed by atoms with E-state index in [1.165, 1.54) is 0 Å². The molecule has 10 heteroatoms. The predicted octanol–water partition coefficient (Wildman–Crippen LogP) is 1.16. The summed E-state index contributed by atoms with van der Waals surface area (Å²) in [5, 5.41) is 9.76. The van der Waals surface area contributed by atoms with Gasteiger partial charge in [0.05, 0.1) is 5.39 Å². The lowest BCUT2D eigenvalue weighted by atomic mass is 10.1. The third-order valence-corrected chi connectivity index (χ3v) is 4.22. The average Bonchev–Trinajstić information content (AvgIpc) is 2.73. The Hall–Kier alpha value is -3.72. The Balaban J connectivity index is 1.50. The van der Waals surface area contributed by atoms with Gasteiger partial charge in [-0.05, 0) is 30.3 Å². The zero-order valence-electron chi connectivity index (χ0n) is 15.0. The van der Waals surface area contributed by atoms with Gasteiger partial charge in [-0.3, -0.25) is 30.0 Å². The number of nitrogens with one attached hydrogen (secondary N) is 4. The standard InChI is InChI=1S/C19H16ClN5O4/c20-12-7-5-11(6-8-12)17(27)21-10-9-15(26)22-25-19(29)16-13-3-1-2-4-14(13)18(28)24-23-16/h1-8H,9-10H2,(H,21,27)(H,22,26)(H,24,28)(H,25,29). The van der Waals surface area contributed by atoms with Crippen LogP contribution in [-0.2, 0) is 4.79 Å². The number of aromatic amines is 1. The number of benzene rings is 2. The monoisotopic (exact) mass is 413 g/mol. The summed E-state index contributed by atoms with van der Waals surface area (Å²) >= 11 is 5.77. The number of carbonyl (C=O) groups excluding carboxylic acids is 3. The van der Waals surface area contributed by atoms with Crippen LogP contribution in [0.1, 0.15) is 27.3 Å². The normalized spacial score (nSPS) is 10.4. The van der Waals surface area contributed by atoms with Crippen molar-refractivity contribution < 1.29 is 14.4 Å². The van der Waals surface area contributed by atoms with Gasteiger partial charge in [-0.1, -0.05) is 29.8 Å². The van der Waals surface area contributed by atoms with Gasteiger partial charge in [0.15, 0.2) is 5.69 Å². The largest absolute Gasteiger partial charge is 0.352 e. The molecule has 9 nitrogen and oxygen atoms in total. The van der Waals surface area contributed by atoms with Crippen molar-refractivity contribution in [2.24, 2.45) is 0 Å². The Bertz CT molecular complexity index is 1130. The number of aromatic nitrogens is 2. The molecule has 3 rings (SSSR count). The van der Waals surface area contributed by atoms with Gasteiger partial charge in [0.2, 0.25) is 5.91 Å². The number of carbonyl (C=O) groups is 3. The molecular weight excluding hydrogens is 398 g/mol. The van der Waals surface area contributed by atoms with Gasteiger partial charge in [0, 0.05) is 28.9 Å². The summed E-state index contributed by atoms with van der Waals surface area (Å²) in [5.41, 5.74) is 4.44. The highest BCUT2D eigenvalue weighted by Gasteiger charge is 2.14. The lowest BCUT2D eigenvalue weighted by Crippen LogP contribution is -2.43. The molecule has 0 atom stereocenters. The van der Waals surface area contributed by atoms with E-state index in [1.54, 1.807) is 48.5 Å². The van der Waals surface area contributed by atoms with E-state index in [0.29, 0.717) is 21.4 Å². The molecule has 0 fully saturated rings. The average molecular weight is 414 g/mol. The minimum Gasteiger partial charge on any atom is -0.352 e. The first kappa shape index (κ1) is 20.0. The Morgan fingerprint density at radius 1 is 0.931 bits per heavy atom. The van der Waals surface area contributed by atoms with Gasteiger partial charge < -0.3 is 5.32 Å². The Labute approximate surface area is 169 Å². The molecule has 148 valence electrons.